The van der Waals surface area contributed by atoms with Crippen LogP contribution in [0, 0.1) is 5.82 Å². The molecule has 0 saturated carbocycles. The molecular weight excluding hydrogens is 397 g/mol. The topological polar surface area (TPSA) is 81.8 Å². The number of ether oxygens (including phenoxy) is 1. The second kappa shape index (κ2) is 8.43. The third-order valence-corrected chi connectivity index (χ3v) is 4.97. The van der Waals surface area contributed by atoms with Crippen LogP contribution in [0.15, 0.2) is 71.6 Å². The Hall–Kier alpha value is -3.94. The molecule has 156 valence electrons. The van der Waals surface area contributed by atoms with Gasteiger partial charge in [0, 0.05) is 23.6 Å². The predicted octanol–water partition coefficient (Wildman–Crippen LogP) is 4.77. The lowest BCUT2D eigenvalue weighted by atomic mass is 10.1. The van der Waals surface area contributed by atoms with Crippen molar-refractivity contribution >= 4 is 10.9 Å². The first-order chi connectivity index (χ1) is 15.2. The molecule has 8 heteroatoms. The van der Waals surface area contributed by atoms with Gasteiger partial charge in [0.1, 0.15) is 35.8 Å². The smallest absolute Gasteiger partial charge is 0.243 e. The summed E-state index contributed by atoms with van der Waals surface area (Å²) >= 11 is 0. The van der Waals surface area contributed by atoms with Crippen LogP contribution < -0.4 is 4.74 Å². The number of aromatic amines is 1. The zero-order valence-corrected chi connectivity index (χ0v) is 16.7. The molecular formula is C23H20FN5O2. The van der Waals surface area contributed by atoms with Crippen LogP contribution in [0.2, 0.25) is 0 Å². The van der Waals surface area contributed by atoms with Crippen molar-refractivity contribution in [1.29, 1.82) is 0 Å². The van der Waals surface area contributed by atoms with Crippen LogP contribution in [0.3, 0.4) is 0 Å². The highest BCUT2D eigenvalue weighted by molar-refractivity contribution is 5.84. The molecule has 0 bridgehead atoms. The molecule has 0 spiro atoms. The van der Waals surface area contributed by atoms with Crippen molar-refractivity contribution in [1.82, 2.24) is 25.0 Å². The van der Waals surface area contributed by atoms with E-state index in [1.165, 1.54) is 17.7 Å². The first-order valence-electron chi connectivity index (χ1n) is 10.0. The van der Waals surface area contributed by atoms with Crippen LogP contribution in [0.1, 0.15) is 17.7 Å². The van der Waals surface area contributed by atoms with Gasteiger partial charge in [-0.1, -0.05) is 17.3 Å². The Balaban J connectivity index is 1.20. The normalized spacial score (nSPS) is 11.3. The van der Waals surface area contributed by atoms with E-state index in [0.29, 0.717) is 23.9 Å². The van der Waals surface area contributed by atoms with Crippen molar-refractivity contribution in [3.8, 4) is 17.3 Å². The van der Waals surface area contributed by atoms with E-state index in [2.05, 4.69) is 26.3 Å². The van der Waals surface area contributed by atoms with Gasteiger partial charge in [-0.2, -0.15) is 0 Å². The minimum atomic E-state index is -0.278. The van der Waals surface area contributed by atoms with Crippen LogP contribution in [-0.4, -0.2) is 25.0 Å². The fraction of sp³-hybridized carbons (Fsp3) is 0.174. The van der Waals surface area contributed by atoms with Crippen LogP contribution >= 0.6 is 0 Å². The van der Waals surface area contributed by atoms with Gasteiger partial charge in [-0.25, -0.2) is 9.37 Å². The highest BCUT2D eigenvalue weighted by atomic mass is 19.1. The molecule has 1 N–H and O–H groups in total. The van der Waals surface area contributed by atoms with Crippen molar-refractivity contribution in [3.05, 3.63) is 84.3 Å². The number of fused-ring (bicyclic) bond motifs is 1. The van der Waals surface area contributed by atoms with E-state index >= 15 is 0 Å². The fourth-order valence-corrected chi connectivity index (χ4v) is 3.46. The van der Waals surface area contributed by atoms with E-state index in [9.17, 15) is 4.39 Å². The summed E-state index contributed by atoms with van der Waals surface area (Å²) in [6.07, 6.45) is 7.00. The van der Waals surface area contributed by atoms with Gasteiger partial charge >= 0.3 is 0 Å². The number of benzene rings is 2. The predicted molar refractivity (Wildman–Crippen MR) is 113 cm³/mol. The van der Waals surface area contributed by atoms with Gasteiger partial charge in [-0.3, -0.25) is 4.68 Å². The Bertz CT molecular complexity index is 1290. The van der Waals surface area contributed by atoms with Crippen LogP contribution in [0.4, 0.5) is 4.39 Å². The van der Waals surface area contributed by atoms with Crippen LogP contribution in [0.5, 0.6) is 5.75 Å². The molecule has 7 nitrogen and oxygen atoms in total. The molecule has 5 rings (SSSR count). The Morgan fingerprint density at radius 3 is 3.00 bits per heavy atom. The summed E-state index contributed by atoms with van der Waals surface area (Å²) in [5.41, 5.74) is 3.40. The van der Waals surface area contributed by atoms with Gasteiger partial charge in [0.2, 0.25) is 5.89 Å². The number of H-pyrrole nitrogens is 1. The van der Waals surface area contributed by atoms with Gasteiger partial charge in [-0.05, 0) is 54.8 Å². The number of rotatable bonds is 8. The maximum atomic E-state index is 13.4. The molecule has 0 radical (unpaired) electrons. The number of oxazole rings is 1. The minimum absolute atomic E-state index is 0.278. The van der Waals surface area contributed by atoms with E-state index in [1.807, 2.05) is 35.1 Å². The minimum Gasteiger partial charge on any atom is -0.487 e. The molecule has 0 aliphatic rings. The molecule has 2 aromatic carbocycles. The van der Waals surface area contributed by atoms with Crippen molar-refractivity contribution in [3.63, 3.8) is 0 Å². The summed E-state index contributed by atoms with van der Waals surface area (Å²) in [4.78, 5) is 7.67. The standard InChI is InChI=1S/C23H20FN5O2/c24-18-6-7-21-17(12-18)13-22(27-21)23-26-19(15-31-23)14-30-20-5-1-3-16(11-20)4-2-9-29-10-8-25-28-29/h1,3,5-8,10-13,15,27H,2,4,9,14H2. The third kappa shape index (κ3) is 4.48. The van der Waals surface area contributed by atoms with E-state index in [-0.39, 0.29) is 5.82 Å². The Morgan fingerprint density at radius 1 is 1.13 bits per heavy atom. The van der Waals surface area contributed by atoms with Gasteiger partial charge in [-0.15, -0.1) is 5.10 Å². The summed E-state index contributed by atoms with van der Waals surface area (Å²) in [6, 6.07) is 14.4. The largest absolute Gasteiger partial charge is 0.487 e. The quantitative estimate of drug-likeness (QED) is 0.393. The molecule has 0 aliphatic heterocycles. The van der Waals surface area contributed by atoms with E-state index in [0.717, 1.165) is 36.0 Å². The number of hydrogen-bond donors (Lipinski definition) is 1. The maximum absolute atomic E-state index is 13.4. The maximum Gasteiger partial charge on any atom is 0.243 e. The first-order valence-corrected chi connectivity index (χ1v) is 10.0. The number of nitrogens with one attached hydrogen (secondary N) is 1. The molecule has 31 heavy (non-hydrogen) atoms. The van der Waals surface area contributed by atoms with Crippen LogP contribution in [-0.2, 0) is 19.6 Å². The number of hydrogen-bond acceptors (Lipinski definition) is 5. The molecule has 0 atom stereocenters. The number of nitrogens with zero attached hydrogens (tertiary/aromatic N) is 4. The number of aryl methyl sites for hydroxylation is 2. The van der Waals surface area contributed by atoms with Crippen molar-refractivity contribution in [2.45, 2.75) is 26.0 Å². The summed E-state index contributed by atoms with van der Waals surface area (Å²) in [7, 11) is 0. The lowest BCUT2D eigenvalue weighted by molar-refractivity contribution is 0.300. The average Bonchev–Trinajstić information content (AvgIpc) is 3.53. The second-order valence-corrected chi connectivity index (χ2v) is 7.26. The van der Waals surface area contributed by atoms with Crippen molar-refractivity contribution in [2.75, 3.05) is 0 Å². The Morgan fingerprint density at radius 2 is 2.10 bits per heavy atom. The lowest BCUT2D eigenvalue weighted by Crippen LogP contribution is -2.01. The molecule has 0 saturated heterocycles. The molecule has 5 aromatic rings. The van der Waals surface area contributed by atoms with Gasteiger partial charge < -0.3 is 14.1 Å². The van der Waals surface area contributed by atoms with Crippen molar-refractivity contribution in [2.24, 2.45) is 0 Å². The molecule has 0 fully saturated rings. The summed E-state index contributed by atoms with van der Waals surface area (Å²) < 4.78 is 26.7. The molecule has 0 amide bonds. The lowest BCUT2D eigenvalue weighted by Gasteiger charge is -2.07. The Kier molecular flexibility index (Phi) is 5.18. The van der Waals surface area contributed by atoms with E-state index in [4.69, 9.17) is 9.15 Å². The monoisotopic (exact) mass is 417 g/mol. The molecule has 0 unspecified atom stereocenters. The average molecular weight is 417 g/mol. The van der Waals surface area contributed by atoms with Crippen LogP contribution in [0.25, 0.3) is 22.5 Å². The SMILES string of the molecule is Fc1ccc2[nH]c(-c3nc(COc4cccc(CCCn5ccnn5)c4)co3)cc2c1. The van der Waals surface area contributed by atoms with Gasteiger partial charge in [0.15, 0.2) is 0 Å². The van der Waals surface area contributed by atoms with Gasteiger partial charge in [0.05, 0.1) is 6.20 Å². The Labute approximate surface area is 177 Å². The van der Waals surface area contributed by atoms with E-state index < -0.39 is 0 Å². The zero-order valence-electron chi connectivity index (χ0n) is 16.7. The fourth-order valence-electron chi connectivity index (χ4n) is 3.46. The number of halogens is 1. The van der Waals surface area contributed by atoms with Crippen molar-refractivity contribution < 1.29 is 13.5 Å². The molecule has 3 heterocycles. The highest BCUT2D eigenvalue weighted by Gasteiger charge is 2.11. The van der Waals surface area contributed by atoms with Gasteiger partial charge in [0.25, 0.3) is 0 Å². The summed E-state index contributed by atoms with van der Waals surface area (Å²) in [6.45, 7) is 1.12. The molecule has 3 aromatic heterocycles. The highest BCUT2D eigenvalue weighted by Crippen LogP contribution is 2.25. The summed E-state index contributed by atoms with van der Waals surface area (Å²) in [5, 5.41) is 8.56. The second-order valence-electron chi connectivity index (χ2n) is 7.26. The van der Waals surface area contributed by atoms with E-state index in [1.54, 1.807) is 18.5 Å². The first kappa shape index (κ1) is 19.0. The number of aromatic nitrogens is 5. The zero-order chi connectivity index (χ0) is 21.0. The molecule has 0 aliphatic carbocycles. The third-order valence-electron chi connectivity index (χ3n) is 4.97. The summed E-state index contributed by atoms with van der Waals surface area (Å²) in [5.74, 6) is 0.945.